The summed E-state index contributed by atoms with van der Waals surface area (Å²) in [4.78, 5) is 41.0. The fourth-order valence-electron chi connectivity index (χ4n) is 2.98. The average molecular weight is 409 g/mol. The van der Waals surface area contributed by atoms with Crippen LogP contribution in [0.4, 0.5) is 10.1 Å². The summed E-state index contributed by atoms with van der Waals surface area (Å²) in [6.45, 7) is 1.39. The third-order valence-corrected chi connectivity index (χ3v) is 4.64. The number of nitrogens with zero attached hydrogens (tertiary/aromatic N) is 3. The molecule has 0 aliphatic carbocycles. The fourth-order valence-corrected chi connectivity index (χ4v) is 2.98. The summed E-state index contributed by atoms with van der Waals surface area (Å²) >= 11 is 0. The van der Waals surface area contributed by atoms with Gasteiger partial charge in [-0.3, -0.25) is 14.5 Å². The zero-order chi connectivity index (χ0) is 21.3. The van der Waals surface area contributed by atoms with Crippen LogP contribution in [0.1, 0.15) is 34.7 Å². The van der Waals surface area contributed by atoms with Gasteiger partial charge in [0.2, 0.25) is 17.6 Å². The predicted octanol–water partition coefficient (Wildman–Crippen LogP) is 3.19. The zero-order valence-corrected chi connectivity index (χ0v) is 15.9. The molecule has 30 heavy (non-hydrogen) atoms. The Morgan fingerprint density at radius 2 is 1.83 bits per heavy atom. The van der Waals surface area contributed by atoms with Crippen LogP contribution in [0.15, 0.2) is 47.0 Å². The van der Waals surface area contributed by atoms with E-state index >= 15 is 0 Å². The lowest BCUT2D eigenvalue weighted by Crippen LogP contribution is -2.28. The molecule has 0 N–H and O–H groups in total. The van der Waals surface area contributed by atoms with E-state index in [1.54, 1.807) is 19.1 Å². The van der Waals surface area contributed by atoms with Crippen LogP contribution in [-0.4, -0.2) is 27.9 Å². The van der Waals surface area contributed by atoms with Gasteiger partial charge in [0.1, 0.15) is 5.82 Å². The highest BCUT2D eigenvalue weighted by molar-refractivity contribution is 6.19. The maximum atomic E-state index is 13.7. The summed E-state index contributed by atoms with van der Waals surface area (Å²) < 4.78 is 23.9. The molecule has 2 aromatic carbocycles. The van der Waals surface area contributed by atoms with E-state index in [1.807, 2.05) is 0 Å². The molecular weight excluding hydrogens is 393 g/mol. The standard InChI is InChI=1S/C21H16FN3O5/c1-12-2-3-14(10-16(12)22)20-23-17(30-24-20)11-29-21(28)13-4-6-15(7-5-13)25-18(26)8-9-19(25)27/h2-7,10H,8-9,11H2,1H3. The van der Waals surface area contributed by atoms with E-state index in [-0.39, 0.29) is 54.4 Å². The molecule has 4 rings (SSSR count). The van der Waals surface area contributed by atoms with E-state index in [0.29, 0.717) is 16.8 Å². The molecule has 1 fully saturated rings. The Bertz CT molecular complexity index is 1120. The molecule has 0 saturated carbocycles. The van der Waals surface area contributed by atoms with Gasteiger partial charge >= 0.3 is 5.97 Å². The number of halogens is 1. The van der Waals surface area contributed by atoms with Crippen molar-refractivity contribution >= 4 is 23.5 Å². The second kappa shape index (κ2) is 7.86. The number of hydrogen-bond donors (Lipinski definition) is 0. The van der Waals surface area contributed by atoms with Crippen molar-refractivity contribution in [2.75, 3.05) is 4.90 Å². The lowest BCUT2D eigenvalue weighted by Gasteiger charge is -2.13. The van der Waals surface area contributed by atoms with Gasteiger partial charge < -0.3 is 9.26 Å². The van der Waals surface area contributed by atoms with E-state index in [9.17, 15) is 18.8 Å². The van der Waals surface area contributed by atoms with E-state index in [1.165, 1.54) is 30.3 Å². The summed E-state index contributed by atoms with van der Waals surface area (Å²) in [5.74, 6) is -1.31. The third-order valence-electron chi connectivity index (χ3n) is 4.64. The molecule has 0 unspecified atom stereocenters. The van der Waals surface area contributed by atoms with Gasteiger partial charge in [0, 0.05) is 18.4 Å². The first-order chi connectivity index (χ1) is 14.4. The van der Waals surface area contributed by atoms with Gasteiger partial charge in [-0.1, -0.05) is 17.3 Å². The number of carbonyl (C=O) groups excluding carboxylic acids is 3. The van der Waals surface area contributed by atoms with Crippen molar-refractivity contribution in [3.8, 4) is 11.4 Å². The summed E-state index contributed by atoms with van der Waals surface area (Å²) in [5, 5.41) is 3.76. The van der Waals surface area contributed by atoms with Crippen molar-refractivity contribution < 1.29 is 28.0 Å². The molecule has 1 aromatic heterocycles. The molecule has 1 aliphatic rings. The Hall–Kier alpha value is -3.88. The molecule has 9 heteroatoms. The summed E-state index contributed by atoms with van der Waals surface area (Å²) in [6.07, 6.45) is 0.369. The molecule has 0 radical (unpaired) electrons. The third kappa shape index (κ3) is 3.82. The van der Waals surface area contributed by atoms with Gasteiger partial charge in [0.05, 0.1) is 11.3 Å². The minimum absolute atomic E-state index is 0.0595. The molecule has 1 saturated heterocycles. The van der Waals surface area contributed by atoms with Crippen LogP contribution in [-0.2, 0) is 20.9 Å². The number of carbonyl (C=O) groups is 3. The van der Waals surface area contributed by atoms with E-state index in [2.05, 4.69) is 10.1 Å². The molecule has 152 valence electrons. The number of aryl methyl sites for hydroxylation is 1. The van der Waals surface area contributed by atoms with Crippen molar-refractivity contribution in [3.63, 3.8) is 0 Å². The molecule has 1 aliphatic heterocycles. The summed E-state index contributed by atoms with van der Waals surface area (Å²) in [5.41, 5.74) is 1.59. The first-order valence-electron chi connectivity index (χ1n) is 9.14. The maximum Gasteiger partial charge on any atom is 0.338 e. The minimum Gasteiger partial charge on any atom is -0.452 e. The van der Waals surface area contributed by atoms with Crippen molar-refractivity contribution in [1.82, 2.24) is 10.1 Å². The van der Waals surface area contributed by atoms with Crippen LogP contribution in [0, 0.1) is 12.7 Å². The number of amides is 2. The molecule has 3 aromatic rings. The van der Waals surface area contributed by atoms with Gasteiger partial charge in [-0.2, -0.15) is 4.98 Å². The number of aromatic nitrogens is 2. The molecule has 0 atom stereocenters. The molecule has 2 amide bonds. The predicted molar refractivity (Wildman–Crippen MR) is 102 cm³/mol. The highest BCUT2D eigenvalue weighted by Crippen LogP contribution is 2.23. The minimum atomic E-state index is -0.637. The van der Waals surface area contributed by atoms with Crippen molar-refractivity contribution in [3.05, 3.63) is 65.3 Å². The summed E-state index contributed by atoms with van der Waals surface area (Å²) in [6, 6.07) is 10.5. The number of rotatable bonds is 5. The fraction of sp³-hybridized carbons (Fsp3) is 0.190. The first-order valence-corrected chi connectivity index (χ1v) is 9.14. The Balaban J connectivity index is 1.39. The molecule has 8 nitrogen and oxygen atoms in total. The van der Waals surface area contributed by atoms with Gasteiger partial charge in [0.25, 0.3) is 5.89 Å². The number of esters is 1. The Morgan fingerprint density at radius 1 is 1.13 bits per heavy atom. The topological polar surface area (TPSA) is 103 Å². The van der Waals surface area contributed by atoms with Crippen LogP contribution in [0.5, 0.6) is 0 Å². The van der Waals surface area contributed by atoms with Crippen molar-refractivity contribution in [1.29, 1.82) is 0 Å². The SMILES string of the molecule is Cc1ccc(-c2noc(COC(=O)c3ccc(N4C(=O)CCC4=O)cc3)n2)cc1F. The Kier molecular flexibility index (Phi) is 5.09. The van der Waals surface area contributed by atoms with Gasteiger partial charge in [-0.15, -0.1) is 0 Å². The van der Waals surface area contributed by atoms with E-state index in [0.717, 1.165) is 4.90 Å². The smallest absolute Gasteiger partial charge is 0.338 e. The van der Waals surface area contributed by atoms with Crippen LogP contribution in [0.3, 0.4) is 0 Å². The second-order valence-corrected chi connectivity index (χ2v) is 6.72. The van der Waals surface area contributed by atoms with Crippen LogP contribution < -0.4 is 4.90 Å². The summed E-state index contributed by atoms with van der Waals surface area (Å²) in [7, 11) is 0. The Labute approximate surface area is 170 Å². The highest BCUT2D eigenvalue weighted by atomic mass is 19.1. The van der Waals surface area contributed by atoms with Gasteiger partial charge in [-0.25, -0.2) is 9.18 Å². The number of imide groups is 1. The normalized spacial score (nSPS) is 13.7. The van der Waals surface area contributed by atoms with Gasteiger partial charge in [-0.05, 0) is 42.8 Å². The lowest BCUT2D eigenvalue weighted by molar-refractivity contribution is -0.121. The van der Waals surface area contributed by atoms with Crippen molar-refractivity contribution in [2.24, 2.45) is 0 Å². The average Bonchev–Trinajstić information content (AvgIpc) is 3.35. The van der Waals surface area contributed by atoms with E-state index in [4.69, 9.17) is 9.26 Å². The van der Waals surface area contributed by atoms with Crippen molar-refractivity contribution in [2.45, 2.75) is 26.4 Å². The number of anilines is 1. The second-order valence-electron chi connectivity index (χ2n) is 6.72. The molecular formula is C21H16FN3O5. The lowest BCUT2D eigenvalue weighted by atomic mass is 10.1. The molecule has 2 heterocycles. The quantitative estimate of drug-likeness (QED) is 0.471. The maximum absolute atomic E-state index is 13.7. The first kappa shape index (κ1) is 19.4. The molecule has 0 spiro atoms. The molecule has 0 bridgehead atoms. The van der Waals surface area contributed by atoms with Crippen LogP contribution in [0.2, 0.25) is 0 Å². The zero-order valence-electron chi connectivity index (χ0n) is 15.9. The monoisotopic (exact) mass is 409 g/mol. The number of benzene rings is 2. The largest absolute Gasteiger partial charge is 0.452 e. The number of ether oxygens (including phenoxy) is 1. The van der Waals surface area contributed by atoms with Gasteiger partial charge in [0.15, 0.2) is 6.61 Å². The highest BCUT2D eigenvalue weighted by Gasteiger charge is 2.30. The Morgan fingerprint density at radius 3 is 2.50 bits per heavy atom. The van der Waals surface area contributed by atoms with Crippen LogP contribution in [0.25, 0.3) is 11.4 Å². The van der Waals surface area contributed by atoms with E-state index < -0.39 is 5.97 Å². The van der Waals surface area contributed by atoms with Crippen LogP contribution >= 0.6 is 0 Å². The number of hydrogen-bond acceptors (Lipinski definition) is 7.